The second-order valence-corrected chi connectivity index (χ2v) is 5.96. The molecule has 21 heavy (non-hydrogen) atoms. The lowest BCUT2D eigenvalue weighted by Crippen LogP contribution is -2.54. The van der Waals surface area contributed by atoms with E-state index in [0.717, 1.165) is 45.7 Å². The zero-order chi connectivity index (χ0) is 14.5. The van der Waals surface area contributed by atoms with Crippen molar-refractivity contribution in [2.45, 2.75) is 31.8 Å². The molecule has 2 saturated heterocycles. The number of pyridine rings is 1. The number of piperazine rings is 1. The fourth-order valence-corrected chi connectivity index (χ4v) is 3.16. The van der Waals surface area contributed by atoms with Gasteiger partial charge in [0.15, 0.2) is 0 Å². The predicted molar refractivity (Wildman–Crippen MR) is 81.7 cm³/mol. The average Bonchev–Trinajstić information content (AvgIpc) is 2.57. The zero-order valence-electron chi connectivity index (χ0n) is 12.5. The highest BCUT2D eigenvalue weighted by Gasteiger charge is 2.28. The SMILES string of the molecule is O=C(C1CCCCN1)N1CCN(Cc2ccncc2)CC1. The van der Waals surface area contributed by atoms with Crippen LogP contribution < -0.4 is 5.32 Å². The van der Waals surface area contributed by atoms with Gasteiger partial charge in [0.25, 0.3) is 0 Å². The number of nitrogens with one attached hydrogen (secondary N) is 1. The first-order chi connectivity index (χ1) is 10.3. The van der Waals surface area contributed by atoms with Gasteiger partial charge >= 0.3 is 0 Å². The molecule has 2 aliphatic rings. The molecule has 0 aromatic carbocycles. The summed E-state index contributed by atoms with van der Waals surface area (Å²) in [7, 11) is 0. The lowest BCUT2D eigenvalue weighted by Gasteiger charge is -2.37. The van der Waals surface area contributed by atoms with Crippen LogP contribution in [0.5, 0.6) is 0 Å². The maximum Gasteiger partial charge on any atom is 0.239 e. The molecule has 3 rings (SSSR count). The van der Waals surface area contributed by atoms with Crippen molar-refractivity contribution in [2.75, 3.05) is 32.7 Å². The minimum atomic E-state index is 0.0606. The van der Waals surface area contributed by atoms with E-state index in [0.29, 0.717) is 5.91 Å². The Hall–Kier alpha value is -1.46. The molecule has 0 radical (unpaired) electrons. The van der Waals surface area contributed by atoms with Gasteiger partial charge < -0.3 is 10.2 Å². The number of hydrogen-bond donors (Lipinski definition) is 1. The summed E-state index contributed by atoms with van der Waals surface area (Å²) in [5.41, 5.74) is 1.29. The molecule has 3 heterocycles. The summed E-state index contributed by atoms with van der Waals surface area (Å²) >= 11 is 0. The van der Waals surface area contributed by atoms with Crippen LogP contribution in [0, 0.1) is 0 Å². The molecule has 5 heteroatoms. The molecule has 2 aliphatic heterocycles. The summed E-state index contributed by atoms with van der Waals surface area (Å²) in [6, 6.07) is 4.18. The molecule has 0 spiro atoms. The van der Waals surface area contributed by atoms with Crippen LogP contribution in [0.15, 0.2) is 24.5 Å². The van der Waals surface area contributed by atoms with Gasteiger partial charge in [0, 0.05) is 45.1 Å². The summed E-state index contributed by atoms with van der Waals surface area (Å²) < 4.78 is 0. The Morgan fingerprint density at radius 3 is 2.62 bits per heavy atom. The lowest BCUT2D eigenvalue weighted by atomic mass is 10.0. The molecular weight excluding hydrogens is 264 g/mol. The van der Waals surface area contributed by atoms with Crippen LogP contribution in [0.3, 0.4) is 0 Å². The summed E-state index contributed by atoms with van der Waals surface area (Å²) in [6.45, 7) is 5.55. The van der Waals surface area contributed by atoms with Gasteiger partial charge in [-0.05, 0) is 37.1 Å². The van der Waals surface area contributed by atoms with Crippen molar-refractivity contribution in [3.63, 3.8) is 0 Å². The van der Waals surface area contributed by atoms with Crippen molar-refractivity contribution < 1.29 is 4.79 Å². The summed E-state index contributed by atoms with van der Waals surface area (Å²) in [4.78, 5) is 20.9. The van der Waals surface area contributed by atoms with Crippen molar-refractivity contribution in [2.24, 2.45) is 0 Å². The van der Waals surface area contributed by atoms with Crippen molar-refractivity contribution in [3.8, 4) is 0 Å². The molecule has 114 valence electrons. The van der Waals surface area contributed by atoms with E-state index in [1.807, 2.05) is 17.3 Å². The van der Waals surface area contributed by atoms with Crippen LogP contribution in [0.25, 0.3) is 0 Å². The second kappa shape index (κ2) is 7.00. The first-order valence-corrected chi connectivity index (χ1v) is 7.96. The standard InChI is InChI=1S/C16H24N4O/c21-16(15-3-1-2-6-18-15)20-11-9-19(10-12-20)13-14-4-7-17-8-5-14/h4-5,7-8,15,18H,1-3,6,9-13H2. The average molecular weight is 288 g/mol. The van der Waals surface area contributed by atoms with Gasteiger partial charge in [0.1, 0.15) is 0 Å². The normalized spacial score (nSPS) is 24.0. The first kappa shape index (κ1) is 14.5. The van der Waals surface area contributed by atoms with Crippen LogP contribution in [0.4, 0.5) is 0 Å². The third-order valence-electron chi connectivity index (χ3n) is 4.45. The number of carbonyl (C=O) groups is 1. The van der Waals surface area contributed by atoms with Gasteiger partial charge in [-0.3, -0.25) is 14.7 Å². The number of nitrogens with zero attached hydrogens (tertiary/aromatic N) is 3. The van der Waals surface area contributed by atoms with Gasteiger partial charge in [-0.2, -0.15) is 0 Å². The third-order valence-corrected chi connectivity index (χ3v) is 4.45. The Bertz CT molecular complexity index is 451. The van der Waals surface area contributed by atoms with E-state index in [4.69, 9.17) is 0 Å². The molecule has 0 aliphatic carbocycles. The fraction of sp³-hybridized carbons (Fsp3) is 0.625. The van der Waals surface area contributed by atoms with Crippen LogP contribution in [-0.2, 0) is 11.3 Å². The smallest absolute Gasteiger partial charge is 0.239 e. The van der Waals surface area contributed by atoms with Crippen molar-refractivity contribution in [1.29, 1.82) is 0 Å². The Balaban J connectivity index is 1.47. The van der Waals surface area contributed by atoms with E-state index in [1.165, 1.54) is 18.4 Å². The largest absolute Gasteiger partial charge is 0.339 e. The van der Waals surface area contributed by atoms with Crippen molar-refractivity contribution in [1.82, 2.24) is 20.1 Å². The van der Waals surface area contributed by atoms with Gasteiger partial charge in [-0.15, -0.1) is 0 Å². The van der Waals surface area contributed by atoms with E-state index in [2.05, 4.69) is 27.3 Å². The quantitative estimate of drug-likeness (QED) is 0.896. The molecule has 1 amide bonds. The fourth-order valence-electron chi connectivity index (χ4n) is 3.16. The van der Waals surface area contributed by atoms with Gasteiger partial charge in [0.2, 0.25) is 5.91 Å². The predicted octanol–water partition coefficient (Wildman–Crippen LogP) is 0.868. The van der Waals surface area contributed by atoms with Crippen LogP contribution >= 0.6 is 0 Å². The molecule has 1 aromatic rings. The number of hydrogen-bond acceptors (Lipinski definition) is 4. The summed E-state index contributed by atoms with van der Waals surface area (Å²) in [6.07, 6.45) is 7.04. The number of piperidine rings is 1. The van der Waals surface area contributed by atoms with Gasteiger partial charge in [-0.25, -0.2) is 0 Å². The Kier molecular flexibility index (Phi) is 4.83. The van der Waals surface area contributed by atoms with E-state index in [1.54, 1.807) is 0 Å². The van der Waals surface area contributed by atoms with Crippen LogP contribution in [0.1, 0.15) is 24.8 Å². The summed E-state index contributed by atoms with van der Waals surface area (Å²) in [5.74, 6) is 0.304. The number of carbonyl (C=O) groups excluding carboxylic acids is 1. The highest BCUT2D eigenvalue weighted by molar-refractivity contribution is 5.82. The summed E-state index contributed by atoms with van der Waals surface area (Å²) in [5, 5.41) is 3.36. The van der Waals surface area contributed by atoms with Crippen LogP contribution in [0.2, 0.25) is 0 Å². The number of amides is 1. The Labute approximate surface area is 126 Å². The molecule has 1 unspecified atom stereocenters. The second-order valence-electron chi connectivity index (χ2n) is 5.96. The third kappa shape index (κ3) is 3.80. The topological polar surface area (TPSA) is 48.5 Å². The Morgan fingerprint density at radius 2 is 1.95 bits per heavy atom. The van der Waals surface area contributed by atoms with Gasteiger partial charge in [-0.1, -0.05) is 6.42 Å². The highest BCUT2D eigenvalue weighted by atomic mass is 16.2. The van der Waals surface area contributed by atoms with E-state index < -0.39 is 0 Å². The maximum absolute atomic E-state index is 12.5. The van der Waals surface area contributed by atoms with E-state index >= 15 is 0 Å². The molecule has 5 nitrogen and oxygen atoms in total. The zero-order valence-corrected chi connectivity index (χ0v) is 12.5. The lowest BCUT2D eigenvalue weighted by molar-refractivity contribution is -0.135. The highest BCUT2D eigenvalue weighted by Crippen LogP contribution is 2.13. The van der Waals surface area contributed by atoms with E-state index in [9.17, 15) is 4.79 Å². The minimum Gasteiger partial charge on any atom is -0.339 e. The molecule has 0 saturated carbocycles. The van der Waals surface area contributed by atoms with E-state index in [-0.39, 0.29) is 6.04 Å². The molecule has 1 N–H and O–H groups in total. The molecule has 1 aromatic heterocycles. The molecule has 1 atom stereocenters. The monoisotopic (exact) mass is 288 g/mol. The number of rotatable bonds is 3. The molecule has 2 fully saturated rings. The molecular formula is C16H24N4O. The Morgan fingerprint density at radius 1 is 1.19 bits per heavy atom. The van der Waals surface area contributed by atoms with Crippen LogP contribution in [-0.4, -0.2) is 59.5 Å². The van der Waals surface area contributed by atoms with Crippen molar-refractivity contribution >= 4 is 5.91 Å². The van der Waals surface area contributed by atoms with Crippen molar-refractivity contribution in [3.05, 3.63) is 30.1 Å². The molecule has 0 bridgehead atoms. The minimum absolute atomic E-state index is 0.0606. The first-order valence-electron chi connectivity index (χ1n) is 7.96. The van der Waals surface area contributed by atoms with Gasteiger partial charge in [0.05, 0.1) is 6.04 Å². The number of aromatic nitrogens is 1. The maximum atomic E-state index is 12.5.